The van der Waals surface area contributed by atoms with Crippen LogP contribution in [-0.4, -0.2) is 44.9 Å². The van der Waals surface area contributed by atoms with Crippen LogP contribution in [0.15, 0.2) is 30.3 Å². The molecule has 0 spiro atoms. The van der Waals surface area contributed by atoms with Crippen molar-refractivity contribution < 1.29 is 28.5 Å². The molecule has 0 saturated heterocycles. The van der Waals surface area contributed by atoms with Crippen LogP contribution in [0.25, 0.3) is 0 Å². The fourth-order valence-electron chi connectivity index (χ4n) is 2.44. The van der Waals surface area contributed by atoms with Gasteiger partial charge >= 0.3 is 0 Å². The van der Waals surface area contributed by atoms with Crippen LogP contribution in [-0.2, 0) is 4.79 Å². The van der Waals surface area contributed by atoms with E-state index in [-0.39, 0.29) is 17.3 Å². The van der Waals surface area contributed by atoms with Crippen LogP contribution in [0.3, 0.4) is 0 Å². The second-order valence-corrected chi connectivity index (χ2v) is 6.89. The van der Waals surface area contributed by atoms with Gasteiger partial charge in [-0.2, -0.15) is 0 Å². The lowest BCUT2D eigenvalue weighted by atomic mass is 10.1. The number of hydrogen-bond acceptors (Lipinski definition) is 7. The Bertz CT molecular complexity index is 960. The van der Waals surface area contributed by atoms with Crippen molar-refractivity contribution in [2.45, 2.75) is 6.92 Å². The van der Waals surface area contributed by atoms with Crippen molar-refractivity contribution in [3.8, 4) is 23.0 Å². The van der Waals surface area contributed by atoms with Gasteiger partial charge < -0.3 is 18.9 Å². The predicted molar refractivity (Wildman–Crippen MR) is 119 cm³/mol. The van der Waals surface area contributed by atoms with E-state index in [0.717, 1.165) is 5.56 Å². The summed E-state index contributed by atoms with van der Waals surface area (Å²) >= 11 is 11.0. The number of hydrazine groups is 1. The van der Waals surface area contributed by atoms with Gasteiger partial charge in [-0.15, -0.1) is 0 Å². The van der Waals surface area contributed by atoms with Gasteiger partial charge in [0.15, 0.2) is 23.2 Å². The Morgan fingerprint density at radius 2 is 1.65 bits per heavy atom. The molecule has 2 aromatic carbocycles. The largest absolute Gasteiger partial charge is 0.493 e. The summed E-state index contributed by atoms with van der Waals surface area (Å²) in [5, 5.41) is 2.93. The number of amides is 2. The van der Waals surface area contributed by atoms with Crippen LogP contribution in [0.2, 0.25) is 5.02 Å². The van der Waals surface area contributed by atoms with E-state index in [1.807, 2.05) is 6.92 Å². The molecule has 0 bridgehead atoms. The Hall–Kier alpha value is -3.24. The van der Waals surface area contributed by atoms with Crippen LogP contribution < -0.4 is 35.1 Å². The lowest BCUT2D eigenvalue weighted by molar-refractivity contribution is -0.123. The monoisotopic (exact) mass is 467 g/mol. The van der Waals surface area contributed by atoms with Gasteiger partial charge in [-0.1, -0.05) is 11.6 Å². The molecular weight excluding hydrogens is 446 g/mol. The van der Waals surface area contributed by atoms with Crippen LogP contribution in [0, 0.1) is 6.92 Å². The number of halogens is 1. The number of thiocarbonyl (C=S) groups is 1. The summed E-state index contributed by atoms with van der Waals surface area (Å²) in [4.78, 5) is 24.4. The number of nitrogens with one attached hydrogen (secondary N) is 3. The molecule has 2 aromatic rings. The summed E-state index contributed by atoms with van der Waals surface area (Å²) in [6, 6.07) is 7.99. The number of methoxy groups -OCH3 is 3. The van der Waals surface area contributed by atoms with Crippen molar-refractivity contribution in [3.63, 3.8) is 0 Å². The summed E-state index contributed by atoms with van der Waals surface area (Å²) in [6.45, 7) is 1.56. The molecule has 0 atom stereocenters. The van der Waals surface area contributed by atoms with Crippen molar-refractivity contribution in [3.05, 3.63) is 46.5 Å². The normalized spacial score (nSPS) is 9.97. The first-order valence-electron chi connectivity index (χ1n) is 8.88. The predicted octanol–water partition coefficient (Wildman–Crippen LogP) is 2.39. The van der Waals surface area contributed by atoms with Crippen molar-refractivity contribution in [2.24, 2.45) is 0 Å². The molecule has 3 N–H and O–H groups in total. The van der Waals surface area contributed by atoms with Gasteiger partial charge in [0.25, 0.3) is 11.8 Å². The summed E-state index contributed by atoms with van der Waals surface area (Å²) in [5.74, 6) is 0.430. The molecule has 0 aliphatic heterocycles. The number of hydrogen-bond donors (Lipinski definition) is 3. The molecule has 0 radical (unpaired) electrons. The summed E-state index contributed by atoms with van der Waals surface area (Å²) < 4.78 is 21.0. The van der Waals surface area contributed by atoms with E-state index >= 15 is 0 Å². The van der Waals surface area contributed by atoms with Crippen LogP contribution in [0.4, 0.5) is 0 Å². The summed E-state index contributed by atoms with van der Waals surface area (Å²) in [5.41, 5.74) is 5.81. The molecule has 0 fully saturated rings. The molecule has 0 saturated carbocycles. The van der Waals surface area contributed by atoms with E-state index in [2.05, 4.69) is 16.2 Å². The van der Waals surface area contributed by atoms with E-state index in [9.17, 15) is 9.59 Å². The SMILES string of the molecule is COc1cc(C(=O)NC(=S)NNC(=O)COc2ccc(Cl)c(C)c2)cc(OC)c1OC. The van der Waals surface area contributed by atoms with E-state index < -0.39 is 11.8 Å². The minimum atomic E-state index is -0.543. The van der Waals surface area contributed by atoms with Gasteiger partial charge in [0.1, 0.15) is 5.75 Å². The molecule has 0 aliphatic rings. The highest BCUT2D eigenvalue weighted by molar-refractivity contribution is 7.80. The molecule has 11 heteroatoms. The number of ether oxygens (including phenoxy) is 4. The number of aryl methyl sites for hydroxylation is 1. The number of benzene rings is 2. The maximum Gasteiger partial charge on any atom is 0.276 e. The number of carbonyl (C=O) groups is 2. The van der Waals surface area contributed by atoms with Gasteiger partial charge in [0, 0.05) is 10.6 Å². The van der Waals surface area contributed by atoms with Crippen LogP contribution in [0.1, 0.15) is 15.9 Å². The average molecular weight is 468 g/mol. The van der Waals surface area contributed by atoms with Crippen molar-refractivity contribution >= 4 is 40.7 Å². The standard InChI is InChI=1S/C20H22ClN3O6S/c1-11-7-13(5-6-14(11)21)30-10-17(25)23-24-20(31)22-19(26)12-8-15(27-2)18(29-4)16(9-12)28-3/h5-9H,10H2,1-4H3,(H,23,25)(H2,22,24,26,31). The Morgan fingerprint density at radius 1 is 1.00 bits per heavy atom. The zero-order valence-electron chi connectivity index (χ0n) is 17.3. The molecule has 9 nitrogen and oxygen atoms in total. The Labute approximate surface area is 189 Å². The van der Waals surface area contributed by atoms with E-state index in [1.54, 1.807) is 18.2 Å². The second kappa shape index (κ2) is 11.2. The quantitative estimate of drug-likeness (QED) is 0.421. The smallest absolute Gasteiger partial charge is 0.276 e. The molecule has 2 amide bonds. The highest BCUT2D eigenvalue weighted by Gasteiger charge is 2.17. The minimum Gasteiger partial charge on any atom is -0.493 e. The van der Waals surface area contributed by atoms with Gasteiger partial charge in [-0.25, -0.2) is 0 Å². The van der Waals surface area contributed by atoms with Gasteiger partial charge in [0.2, 0.25) is 5.75 Å². The van der Waals surface area contributed by atoms with Crippen molar-refractivity contribution in [1.82, 2.24) is 16.2 Å². The zero-order valence-corrected chi connectivity index (χ0v) is 18.9. The van der Waals surface area contributed by atoms with E-state index in [1.165, 1.54) is 33.5 Å². The highest BCUT2D eigenvalue weighted by Crippen LogP contribution is 2.38. The third-order valence-corrected chi connectivity index (χ3v) is 4.60. The number of rotatable bonds is 7. The third-order valence-electron chi connectivity index (χ3n) is 3.97. The molecule has 166 valence electrons. The fourth-order valence-corrected chi connectivity index (χ4v) is 2.70. The molecule has 31 heavy (non-hydrogen) atoms. The van der Waals surface area contributed by atoms with Crippen molar-refractivity contribution in [2.75, 3.05) is 27.9 Å². The van der Waals surface area contributed by atoms with E-state index in [4.69, 9.17) is 42.8 Å². The minimum absolute atomic E-state index is 0.116. The molecule has 0 aromatic heterocycles. The molecule has 2 rings (SSSR count). The van der Waals surface area contributed by atoms with Gasteiger partial charge in [-0.3, -0.25) is 25.8 Å². The van der Waals surface area contributed by atoms with Gasteiger partial charge in [-0.05, 0) is 55.0 Å². The maximum absolute atomic E-state index is 12.5. The Morgan fingerprint density at radius 3 is 2.19 bits per heavy atom. The molecular formula is C20H22ClN3O6S. The second-order valence-electron chi connectivity index (χ2n) is 6.07. The van der Waals surface area contributed by atoms with Crippen LogP contribution >= 0.6 is 23.8 Å². The average Bonchev–Trinajstić information content (AvgIpc) is 2.77. The maximum atomic E-state index is 12.5. The lowest BCUT2D eigenvalue weighted by Crippen LogP contribution is -2.49. The lowest BCUT2D eigenvalue weighted by Gasteiger charge is -2.15. The first-order valence-corrected chi connectivity index (χ1v) is 9.66. The Balaban J connectivity index is 1.88. The van der Waals surface area contributed by atoms with Crippen molar-refractivity contribution in [1.29, 1.82) is 0 Å². The zero-order chi connectivity index (χ0) is 23.0. The topological polar surface area (TPSA) is 107 Å². The molecule has 0 heterocycles. The summed E-state index contributed by atoms with van der Waals surface area (Å²) in [7, 11) is 4.34. The van der Waals surface area contributed by atoms with Gasteiger partial charge in [0.05, 0.1) is 21.3 Å². The first-order chi connectivity index (χ1) is 14.8. The third kappa shape index (κ3) is 6.63. The molecule has 0 unspecified atom stereocenters. The Kier molecular flexibility index (Phi) is 8.71. The summed E-state index contributed by atoms with van der Waals surface area (Å²) in [6.07, 6.45) is 0. The van der Waals surface area contributed by atoms with E-state index in [0.29, 0.717) is 28.0 Å². The molecule has 0 aliphatic carbocycles. The number of carbonyl (C=O) groups excluding carboxylic acids is 2. The van der Waals surface area contributed by atoms with Crippen LogP contribution in [0.5, 0.6) is 23.0 Å². The highest BCUT2D eigenvalue weighted by atomic mass is 35.5. The fraction of sp³-hybridized carbons (Fsp3) is 0.250. The first kappa shape index (κ1) is 24.0.